The Hall–Kier alpha value is -0.890. The molecule has 1 N–H and O–H groups in total. The van der Waals surface area contributed by atoms with Crippen molar-refractivity contribution in [1.29, 1.82) is 0 Å². The van der Waals surface area contributed by atoms with Crippen molar-refractivity contribution in [3.05, 3.63) is 21.9 Å². The van der Waals surface area contributed by atoms with Gasteiger partial charge >= 0.3 is 5.97 Å². The summed E-state index contributed by atoms with van der Waals surface area (Å²) in [6.07, 6.45) is 6.52. The van der Waals surface area contributed by atoms with Gasteiger partial charge in [0.2, 0.25) is 0 Å². The summed E-state index contributed by atoms with van der Waals surface area (Å²) in [6, 6.07) is 4.61. The quantitative estimate of drug-likeness (QED) is 0.570. The molecule has 2 rings (SSSR count). The van der Waals surface area contributed by atoms with E-state index in [0.717, 1.165) is 28.8 Å². The Morgan fingerprint density at radius 3 is 2.73 bits per heavy atom. The van der Waals surface area contributed by atoms with Gasteiger partial charge in [-0.05, 0) is 66.3 Å². The van der Waals surface area contributed by atoms with Gasteiger partial charge in [-0.3, -0.25) is 4.79 Å². The zero-order chi connectivity index (χ0) is 15.9. The van der Waals surface area contributed by atoms with E-state index >= 15 is 0 Å². The van der Waals surface area contributed by atoms with Crippen molar-refractivity contribution in [3.63, 3.8) is 0 Å². The molecule has 1 aliphatic carbocycles. The number of aromatic nitrogens is 1. The number of hydrogen-bond acceptors (Lipinski definition) is 5. The van der Waals surface area contributed by atoms with E-state index in [4.69, 9.17) is 0 Å². The normalized spacial score (nSPS) is 21.4. The molecule has 22 heavy (non-hydrogen) atoms. The van der Waals surface area contributed by atoms with Crippen LogP contribution in [0.15, 0.2) is 18.3 Å². The number of nitrogens with one attached hydrogen (secondary N) is 1. The van der Waals surface area contributed by atoms with Crippen LogP contribution in [-0.4, -0.2) is 44.2 Å². The first-order valence-electron chi connectivity index (χ1n) is 7.71. The monoisotopic (exact) mass is 417 g/mol. The van der Waals surface area contributed by atoms with Gasteiger partial charge in [-0.1, -0.05) is 0 Å². The fourth-order valence-electron chi connectivity index (χ4n) is 2.92. The molecule has 0 atom stereocenters. The highest BCUT2D eigenvalue weighted by Crippen LogP contribution is 2.26. The van der Waals surface area contributed by atoms with Crippen LogP contribution in [0.4, 0.5) is 5.82 Å². The maximum Gasteiger partial charge on any atom is 0.319 e. The lowest BCUT2D eigenvalue weighted by Crippen LogP contribution is -2.38. The van der Waals surface area contributed by atoms with Gasteiger partial charge in [0.1, 0.15) is 5.82 Å². The molecule has 1 aliphatic rings. The number of anilines is 1. The van der Waals surface area contributed by atoms with Crippen molar-refractivity contribution in [2.45, 2.75) is 31.7 Å². The number of hydrogen-bond donors (Lipinski definition) is 1. The van der Waals surface area contributed by atoms with Gasteiger partial charge in [-0.15, -0.1) is 0 Å². The molecule has 1 fully saturated rings. The van der Waals surface area contributed by atoms with E-state index in [9.17, 15) is 4.79 Å². The Balaban J connectivity index is 1.72. The summed E-state index contributed by atoms with van der Waals surface area (Å²) in [5, 5.41) is 3.28. The van der Waals surface area contributed by atoms with Gasteiger partial charge in [-0.25, -0.2) is 4.98 Å². The summed E-state index contributed by atoms with van der Waals surface area (Å²) in [5.41, 5.74) is 0. The largest absolute Gasteiger partial charge is 0.468 e. The van der Waals surface area contributed by atoms with E-state index in [1.54, 1.807) is 0 Å². The zero-order valence-corrected chi connectivity index (χ0v) is 15.4. The number of carbonyl (C=O) groups excluding carboxylic acids is 1. The second-order valence-corrected chi connectivity index (χ2v) is 7.14. The molecule has 0 saturated heterocycles. The predicted octanol–water partition coefficient (Wildman–Crippen LogP) is 2.44. The van der Waals surface area contributed by atoms with E-state index in [1.807, 2.05) is 6.20 Å². The SMILES string of the molecule is COC(=O)CN[C@H]1CC[C@H](CN(C)c2ccc(I)cn2)CC1. The summed E-state index contributed by atoms with van der Waals surface area (Å²) in [5.74, 6) is 1.54. The number of esters is 1. The van der Waals surface area contributed by atoms with Crippen molar-refractivity contribution in [2.24, 2.45) is 5.92 Å². The highest BCUT2D eigenvalue weighted by atomic mass is 127. The molecule has 0 bridgehead atoms. The molecule has 0 amide bonds. The van der Waals surface area contributed by atoms with E-state index in [-0.39, 0.29) is 5.97 Å². The van der Waals surface area contributed by atoms with Gasteiger partial charge in [0.25, 0.3) is 0 Å². The average Bonchev–Trinajstić information content (AvgIpc) is 2.54. The molecule has 0 aliphatic heterocycles. The first kappa shape index (κ1) is 17.5. The van der Waals surface area contributed by atoms with Crippen LogP contribution in [-0.2, 0) is 9.53 Å². The van der Waals surface area contributed by atoms with Crippen LogP contribution < -0.4 is 10.2 Å². The second kappa shape index (κ2) is 8.67. The van der Waals surface area contributed by atoms with Gasteiger partial charge in [0, 0.05) is 29.4 Å². The number of methoxy groups -OCH3 is 1. The molecule has 5 nitrogen and oxygen atoms in total. The molecule has 0 unspecified atom stereocenters. The fraction of sp³-hybridized carbons (Fsp3) is 0.625. The lowest BCUT2D eigenvalue weighted by molar-refractivity contribution is -0.139. The molecule has 6 heteroatoms. The van der Waals surface area contributed by atoms with Crippen LogP contribution in [0.25, 0.3) is 0 Å². The number of pyridine rings is 1. The number of halogens is 1. The molecule has 0 spiro atoms. The Morgan fingerprint density at radius 1 is 1.41 bits per heavy atom. The third-order valence-electron chi connectivity index (χ3n) is 4.24. The topological polar surface area (TPSA) is 54.5 Å². The maximum absolute atomic E-state index is 11.1. The third-order valence-corrected chi connectivity index (χ3v) is 4.88. The number of ether oxygens (including phenoxy) is 1. The fourth-order valence-corrected chi connectivity index (χ4v) is 3.24. The summed E-state index contributed by atoms with van der Waals surface area (Å²) in [4.78, 5) is 17.9. The van der Waals surface area contributed by atoms with Gasteiger partial charge in [0.05, 0.1) is 13.7 Å². The van der Waals surface area contributed by atoms with Gasteiger partial charge in [-0.2, -0.15) is 0 Å². The molecule has 1 aromatic heterocycles. The first-order valence-corrected chi connectivity index (χ1v) is 8.79. The van der Waals surface area contributed by atoms with Crippen molar-refractivity contribution >= 4 is 34.4 Å². The lowest BCUT2D eigenvalue weighted by Gasteiger charge is -2.32. The van der Waals surface area contributed by atoms with E-state index in [1.165, 1.54) is 20.0 Å². The highest BCUT2D eigenvalue weighted by Gasteiger charge is 2.22. The van der Waals surface area contributed by atoms with Crippen LogP contribution in [0.3, 0.4) is 0 Å². The average molecular weight is 417 g/mol. The molecule has 0 radical (unpaired) electrons. The summed E-state index contributed by atoms with van der Waals surface area (Å²) in [6.45, 7) is 1.36. The van der Waals surface area contributed by atoms with Gasteiger partial charge < -0.3 is 15.0 Å². The van der Waals surface area contributed by atoms with Crippen LogP contribution >= 0.6 is 22.6 Å². The Kier molecular flexibility index (Phi) is 6.88. The predicted molar refractivity (Wildman–Crippen MR) is 96.0 cm³/mol. The number of nitrogens with zero attached hydrogens (tertiary/aromatic N) is 2. The van der Waals surface area contributed by atoms with E-state index < -0.39 is 0 Å². The minimum absolute atomic E-state index is 0.188. The zero-order valence-electron chi connectivity index (χ0n) is 13.2. The third kappa shape index (κ3) is 5.39. The Labute approximate surface area is 146 Å². The Bertz CT molecular complexity index is 473. The van der Waals surface area contributed by atoms with Crippen molar-refractivity contribution in [3.8, 4) is 0 Å². The summed E-state index contributed by atoms with van der Waals surface area (Å²) >= 11 is 2.27. The molecule has 1 aromatic rings. The molecule has 1 heterocycles. The summed E-state index contributed by atoms with van der Waals surface area (Å²) in [7, 11) is 3.53. The standard InChI is InChI=1S/C16H24IN3O2/c1-20(15-8-5-13(17)9-19-15)11-12-3-6-14(7-4-12)18-10-16(21)22-2/h5,8-9,12,14,18H,3-4,6-7,10-11H2,1-2H3/t12-,14-. The first-order chi connectivity index (χ1) is 10.6. The summed E-state index contributed by atoms with van der Waals surface area (Å²) < 4.78 is 5.82. The number of rotatable bonds is 6. The molecule has 1 saturated carbocycles. The van der Waals surface area contributed by atoms with Crippen molar-refractivity contribution < 1.29 is 9.53 Å². The van der Waals surface area contributed by atoms with Crippen LogP contribution in [0.1, 0.15) is 25.7 Å². The minimum atomic E-state index is -0.188. The second-order valence-electron chi connectivity index (χ2n) is 5.89. The van der Waals surface area contributed by atoms with E-state index in [0.29, 0.717) is 18.5 Å². The number of carbonyl (C=O) groups is 1. The maximum atomic E-state index is 11.1. The van der Waals surface area contributed by atoms with Crippen LogP contribution in [0.5, 0.6) is 0 Å². The molecular formula is C16H24IN3O2. The highest BCUT2D eigenvalue weighted by molar-refractivity contribution is 14.1. The molecule has 122 valence electrons. The lowest BCUT2D eigenvalue weighted by atomic mass is 9.85. The minimum Gasteiger partial charge on any atom is -0.468 e. The van der Waals surface area contributed by atoms with Crippen LogP contribution in [0.2, 0.25) is 0 Å². The molecule has 0 aromatic carbocycles. The van der Waals surface area contributed by atoms with Gasteiger partial charge in [0.15, 0.2) is 0 Å². The van der Waals surface area contributed by atoms with Crippen LogP contribution in [0, 0.1) is 9.49 Å². The molecular weight excluding hydrogens is 393 g/mol. The van der Waals surface area contributed by atoms with Crippen molar-refractivity contribution in [1.82, 2.24) is 10.3 Å². The van der Waals surface area contributed by atoms with E-state index in [2.05, 4.69) is 61.7 Å². The smallest absolute Gasteiger partial charge is 0.319 e. The van der Waals surface area contributed by atoms with Crippen molar-refractivity contribution in [2.75, 3.05) is 32.1 Å². The Morgan fingerprint density at radius 2 is 2.14 bits per heavy atom.